The zero-order valence-corrected chi connectivity index (χ0v) is 16.3. The summed E-state index contributed by atoms with van der Waals surface area (Å²) in [6.45, 7) is 3.98. The largest absolute Gasteiger partial charge is 0.296 e. The first-order chi connectivity index (χ1) is 12.3. The lowest BCUT2D eigenvalue weighted by Gasteiger charge is -2.02. The van der Waals surface area contributed by atoms with Crippen LogP contribution in [-0.2, 0) is 6.42 Å². The smallest absolute Gasteiger partial charge is 0.279 e. The van der Waals surface area contributed by atoms with Gasteiger partial charge in [0.15, 0.2) is 10.8 Å². The van der Waals surface area contributed by atoms with Gasteiger partial charge in [-0.2, -0.15) is 5.10 Å². The van der Waals surface area contributed by atoms with E-state index in [1.807, 2.05) is 13.8 Å². The number of aromatic nitrogens is 3. The normalized spacial score (nSPS) is 11.2. The fourth-order valence-corrected chi connectivity index (χ4v) is 3.98. The van der Waals surface area contributed by atoms with E-state index in [1.54, 1.807) is 6.20 Å². The Hall–Kier alpha value is -2.13. The Labute approximate surface area is 161 Å². The van der Waals surface area contributed by atoms with Gasteiger partial charge in [-0.25, -0.2) is 13.8 Å². The van der Waals surface area contributed by atoms with Crippen LogP contribution in [0.3, 0.4) is 0 Å². The Morgan fingerprint density at radius 1 is 1.38 bits per heavy atom. The topological polar surface area (TPSA) is 70.7 Å². The number of anilines is 1. The number of rotatable bonds is 5. The van der Waals surface area contributed by atoms with Gasteiger partial charge in [-0.3, -0.25) is 15.2 Å². The lowest BCUT2D eigenvalue weighted by Crippen LogP contribution is -2.12. The predicted octanol–water partition coefficient (Wildman–Crippen LogP) is 4.87. The van der Waals surface area contributed by atoms with Crippen LogP contribution in [0.15, 0.2) is 28.9 Å². The van der Waals surface area contributed by atoms with Gasteiger partial charge in [0.25, 0.3) is 5.91 Å². The minimum Gasteiger partial charge on any atom is -0.296 e. The Bertz CT molecular complexity index is 954. The van der Waals surface area contributed by atoms with Crippen LogP contribution in [0.25, 0.3) is 0 Å². The van der Waals surface area contributed by atoms with E-state index in [1.165, 1.54) is 23.5 Å². The number of carbonyl (C=O) groups excluding carboxylic acids is 1. The number of hydrogen-bond donors (Lipinski definition) is 2. The minimum atomic E-state index is -0.617. The monoisotopic (exact) mass is 440 g/mol. The molecule has 2 N–H and O–H groups in total. The third-order valence-corrected chi connectivity index (χ3v) is 5.39. The molecule has 1 amide bonds. The highest BCUT2D eigenvalue weighted by Crippen LogP contribution is 2.27. The molecule has 2 heterocycles. The molecule has 3 rings (SSSR count). The number of hydrogen-bond acceptors (Lipinski definition) is 4. The number of amides is 1. The summed E-state index contributed by atoms with van der Waals surface area (Å²) in [4.78, 5) is 17.2. The van der Waals surface area contributed by atoms with Gasteiger partial charge >= 0.3 is 0 Å². The minimum absolute atomic E-state index is 0.190. The molecule has 0 fully saturated rings. The standard InChI is InChI=1S/C17H15BrF2N4OS/c1-8(2)14-13(18)15(24-23-14)16(25)22-17-21-7-11(26-17)5-9-3-4-10(19)6-12(9)20/h3-4,6-8H,5H2,1-2H3,(H,23,24)(H,21,22,25). The van der Waals surface area contributed by atoms with Crippen molar-refractivity contribution in [2.45, 2.75) is 26.2 Å². The molecular weight excluding hydrogens is 426 g/mol. The number of nitrogens with one attached hydrogen (secondary N) is 2. The molecule has 0 aliphatic carbocycles. The number of benzene rings is 1. The van der Waals surface area contributed by atoms with Gasteiger partial charge in [0, 0.05) is 23.6 Å². The van der Waals surface area contributed by atoms with Crippen LogP contribution in [0.4, 0.5) is 13.9 Å². The van der Waals surface area contributed by atoms with E-state index in [0.717, 1.165) is 16.6 Å². The lowest BCUT2D eigenvalue weighted by atomic mass is 10.1. The molecule has 0 unspecified atom stereocenters. The lowest BCUT2D eigenvalue weighted by molar-refractivity contribution is 0.102. The zero-order chi connectivity index (χ0) is 18.8. The Balaban J connectivity index is 1.71. The summed E-state index contributed by atoms with van der Waals surface area (Å²) in [5.74, 6) is -1.43. The molecule has 0 saturated heterocycles. The third kappa shape index (κ3) is 3.99. The van der Waals surface area contributed by atoms with Gasteiger partial charge in [0.1, 0.15) is 11.6 Å². The van der Waals surface area contributed by atoms with Gasteiger partial charge in [-0.05, 0) is 33.5 Å². The van der Waals surface area contributed by atoms with Crippen LogP contribution >= 0.6 is 27.3 Å². The first-order valence-corrected chi connectivity index (χ1v) is 9.40. The molecule has 0 aliphatic rings. The summed E-state index contributed by atoms with van der Waals surface area (Å²) >= 11 is 4.61. The van der Waals surface area contributed by atoms with Crippen LogP contribution < -0.4 is 5.32 Å². The maximum atomic E-state index is 13.7. The highest BCUT2D eigenvalue weighted by molar-refractivity contribution is 9.10. The van der Waals surface area contributed by atoms with Crippen molar-refractivity contribution < 1.29 is 13.6 Å². The molecule has 0 bridgehead atoms. The van der Waals surface area contributed by atoms with Crippen LogP contribution in [0.1, 0.15) is 46.4 Å². The van der Waals surface area contributed by atoms with Gasteiger partial charge in [-0.15, -0.1) is 11.3 Å². The Morgan fingerprint density at radius 3 is 2.81 bits per heavy atom. The summed E-state index contributed by atoms with van der Waals surface area (Å²) in [5, 5.41) is 9.94. The van der Waals surface area contributed by atoms with Gasteiger partial charge in [-0.1, -0.05) is 19.9 Å². The quantitative estimate of drug-likeness (QED) is 0.594. The molecule has 9 heteroatoms. The van der Waals surface area contributed by atoms with Crippen LogP contribution in [0.5, 0.6) is 0 Å². The predicted molar refractivity (Wildman–Crippen MR) is 99.6 cm³/mol. The molecular formula is C17H15BrF2N4OS. The van der Waals surface area contributed by atoms with Crippen molar-refractivity contribution in [1.82, 2.24) is 15.2 Å². The Morgan fingerprint density at radius 2 is 2.15 bits per heavy atom. The molecule has 1 aromatic carbocycles. The number of nitrogens with zero attached hydrogens (tertiary/aromatic N) is 2. The first-order valence-electron chi connectivity index (χ1n) is 7.79. The summed E-state index contributed by atoms with van der Waals surface area (Å²) < 4.78 is 27.3. The van der Waals surface area contributed by atoms with E-state index < -0.39 is 17.5 Å². The van der Waals surface area contributed by atoms with E-state index in [9.17, 15) is 13.6 Å². The molecule has 3 aromatic rings. The van der Waals surface area contributed by atoms with Gasteiger partial charge in [0.2, 0.25) is 0 Å². The molecule has 0 atom stereocenters. The second kappa shape index (κ2) is 7.63. The fourth-order valence-electron chi connectivity index (χ4n) is 2.33. The summed E-state index contributed by atoms with van der Waals surface area (Å²) in [5.41, 5.74) is 1.45. The molecule has 0 saturated carbocycles. The van der Waals surface area contributed by atoms with E-state index in [-0.39, 0.29) is 18.0 Å². The highest BCUT2D eigenvalue weighted by atomic mass is 79.9. The van der Waals surface area contributed by atoms with Crippen LogP contribution in [-0.4, -0.2) is 21.1 Å². The second-order valence-corrected chi connectivity index (χ2v) is 7.86. The maximum Gasteiger partial charge on any atom is 0.279 e. The van der Waals surface area contributed by atoms with Crippen molar-refractivity contribution in [3.63, 3.8) is 0 Å². The van der Waals surface area contributed by atoms with Gasteiger partial charge in [0.05, 0.1) is 10.2 Å². The molecule has 0 aliphatic heterocycles. The van der Waals surface area contributed by atoms with E-state index in [2.05, 4.69) is 36.4 Å². The van der Waals surface area contributed by atoms with Crippen molar-refractivity contribution >= 4 is 38.3 Å². The van der Waals surface area contributed by atoms with E-state index >= 15 is 0 Å². The van der Waals surface area contributed by atoms with Crippen LogP contribution in [0, 0.1) is 11.6 Å². The van der Waals surface area contributed by atoms with Crippen LogP contribution in [0.2, 0.25) is 0 Å². The van der Waals surface area contributed by atoms with E-state index in [4.69, 9.17) is 0 Å². The number of aromatic amines is 1. The van der Waals surface area contributed by atoms with Gasteiger partial charge < -0.3 is 0 Å². The molecule has 2 aromatic heterocycles. The third-order valence-electron chi connectivity index (χ3n) is 3.68. The van der Waals surface area contributed by atoms with Crippen molar-refractivity contribution in [2.75, 3.05) is 5.32 Å². The van der Waals surface area contributed by atoms with Crippen molar-refractivity contribution in [3.05, 3.63) is 62.3 Å². The molecule has 5 nitrogen and oxygen atoms in total. The number of H-pyrrole nitrogens is 1. The Kier molecular flexibility index (Phi) is 5.47. The first kappa shape index (κ1) is 18.7. The SMILES string of the molecule is CC(C)c1[nH]nc(C(=O)Nc2ncc(Cc3ccc(F)cc3F)s2)c1Br. The number of thiazole rings is 1. The van der Waals surface area contributed by atoms with Crippen molar-refractivity contribution in [3.8, 4) is 0 Å². The summed E-state index contributed by atoms with van der Waals surface area (Å²) in [7, 11) is 0. The molecule has 136 valence electrons. The summed E-state index contributed by atoms with van der Waals surface area (Å²) in [6.07, 6.45) is 1.82. The average molecular weight is 441 g/mol. The molecule has 26 heavy (non-hydrogen) atoms. The van der Waals surface area contributed by atoms with Crippen molar-refractivity contribution in [1.29, 1.82) is 0 Å². The number of carbonyl (C=O) groups is 1. The molecule has 0 spiro atoms. The van der Waals surface area contributed by atoms with E-state index in [0.29, 0.717) is 15.2 Å². The molecule has 0 radical (unpaired) electrons. The number of halogens is 3. The average Bonchev–Trinajstić information content (AvgIpc) is 3.16. The summed E-state index contributed by atoms with van der Waals surface area (Å²) in [6, 6.07) is 3.46. The highest BCUT2D eigenvalue weighted by Gasteiger charge is 2.20. The maximum absolute atomic E-state index is 13.7. The van der Waals surface area contributed by atoms with Crippen molar-refractivity contribution in [2.24, 2.45) is 0 Å². The fraction of sp³-hybridized carbons (Fsp3) is 0.235. The zero-order valence-electron chi connectivity index (χ0n) is 13.9. The second-order valence-electron chi connectivity index (χ2n) is 5.95.